The first-order chi connectivity index (χ1) is 20.4. The molecular weight excluding hydrogens is 580 g/mol. The van der Waals surface area contributed by atoms with Crippen LogP contribution >= 0.6 is 0 Å². The largest absolute Gasteiger partial charge is 0.508 e. The fourth-order valence-electron chi connectivity index (χ4n) is 4.87. The Hall–Kier alpha value is -3.55. The Kier molecular flexibility index (Phi) is 8.77. The van der Waals surface area contributed by atoms with E-state index >= 15 is 0 Å². The van der Waals surface area contributed by atoms with Crippen LogP contribution in [-0.2, 0) is 14.2 Å². The van der Waals surface area contributed by atoms with Crippen LogP contribution < -0.4 is 10.2 Å². The second kappa shape index (κ2) is 12.2. The Morgan fingerprint density at radius 1 is 0.721 bits per heavy atom. The zero-order valence-corrected chi connectivity index (χ0v) is 22.1. The highest BCUT2D eigenvalue weighted by molar-refractivity contribution is 5.86. The number of rotatable bonds is 7. The maximum absolute atomic E-state index is 12.7. The SMILES string of the molecule is O=c1cc(-c2ccc(O)cc2O[C@@H]2O[C@@H](CO[C@@H]3O[C@H](CO)[C@@H](O)[C@H](O)[C@@H]3O)[C@@H](O)[C@H](O)[C@H]2O)oc2cc(O)cc(O)c12. The van der Waals surface area contributed by atoms with Crippen LogP contribution in [0.25, 0.3) is 22.3 Å². The van der Waals surface area contributed by atoms with E-state index in [0.717, 1.165) is 24.3 Å². The van der Waals surface area contributed by atoms with Gasteiger partial charge < -0.3 is 74.4 Å². The molecule has 2 aromatic carbocycles. The molecule has 0 aliphatic carbocycles. The van der Waals surface area contributed by atoms with E-state index in [1.807, 2.05) is 0 Å². The van der Waals surface area contributed by atoms with Gasteiger partial charge in [0.05, 0.1) is 18.8 Å². The minimum Gasteiger partial charge on any atom is -0.508 e. The standard InChI is InChI=1S/C27H30O16/c28-7-17-20(33)22(35)24(37)26(42-17)39-8-18-21(34)23(36)25(38)27(43-18)41-14-4-9(29)1-2-11(14)15-6-13(32)19-12(31)3-10(30)5-16(19)40-15/h1-6,17-18,20-31,33-38H,7-8H2/t17-,18+,20-,21-,22+,23+,24+,25-,26-,27-/m1/s1. The fourth-order valence-corrected chi connectivity index (χ4v) is 4.87. The first kappa shape index (κ1) is 30.9. The van der Waals surface area contributed by atoms with Crippen molar-refractivity contribution in [2.24, 2.45) is 0 Å². The average Bonchev–Trinajstić information content (AvgIpc) is 2.96. The van der Waals surface area contributed by atoms with Gasteiger partial charge in [-0.25, -0.2) is 0 Å². The molecule has 16 heteroatoms. The van der Waals surface area contributed by atoms with Gasteiger partial charge in [0.15, 0.2) is 11.7 Å². The molecule has 0 saturated carbocycles. The van der Waals surface area contributed by atoms with Crippen LogP contribution in [0.5, 0.6) is 23.0 Å². The Morgan fingerprint density at radius 2 is 1.37 bits per heavy atom. The maximum atomic E-state index is 12.7. The molecule has 234 valence electrons. The highest BCUT2D eigenvalue weighted by atomic mass is 16.7. The summed E-state index contributed by atoms with van der Waals surface area (Å²) in [6.07, 6.45) is -16.6. The Labute approximate surface area is 241 Å². The third-order valence-electron chi connectivity index (χ3n) is 7.21. The van der Waals surface area contributed by atoms with Gasteiger partial charge in [0, 0.05) is 24.3 Å². The molecule has 2 aliphatic rings. The summed E-state index contributed by atoms with van der Waals surface area (Å²) in [6, 6.07) is 6.72. The summed E-state index contributed by atoms with van der Waals surface area (Å²) in [5.74, 6) is -1.55. The Bertz CT molecular complexity index is 1510. The van der Waals surface area contributed by atoms with Gasteiger partial charge in [0.2, 0.25) is 6.29 Å². The summed E-state index contributed by atoms with van der Waals surface area (Å²) in [7, 11) is 0. The predicted molar refractivity (Wildman–Crippen MR) is 140 cm³/mol. The number of aliphatic hydroxyl groups is 7. The van der Waals surface area contributed by atoms with Crippen molar-refractivity contribution in [1.29, 1.82) is 0 Å². The minimum atomic E-state index is -1.86. The lowest BCUT2D eigenvalue weighted by Gasteiger charge is -2.42. The normalized spacial score (nSPS) is 33.0. The molecule has 43 heavy (non-hydrogen) atoms. The number of hydrogen-bond acceptors (Lipinski definition) is 16. The fraction of sp³-hybridized carbons (Fsp3) is 0.444. The number of benzene rings is 2. The van der Waals surface area contributed by atoms with Crippen molar-refractivity contribution in [3.8, 4) is 34.3 Å². The van der Waals surface area contributed by atoms with Gasteiger partial charge in [-0.2, -0.15) is 0 Å². The van der Waals surface area contributed by atoms with Crippen LogP contribution in [0.3, 0.4) is 0 Å². The van der Waals surface area contributed by atoms with Crippen molar-refractivity contribution < 1.29 is 74.4 Å². The molecule has 2 saturated heterocycles. The molecule has 3 heterocycles. The van der Waals surface area contributed by atoms with E-state index < -0.39 is 85.8 Å². The molecule has 0 spiro atoms. The van der Waals surface area contributed by atoms with Gasteiger partial charge in [-0.3, -0.25) is 4.79 Å². The molecule has 10 atom stereocenters. The van der Waals surface area contributed by atoms with Crippen molar-refractivity contribution in [3.05, 3.63) is 46.6 Å². The zero-order valence-electron chi connectivity index (χ0n) is 22.1. The third-order valence-corrected chi connectivity index (χ3v) is 7.21. The van der Waals surface area contributed by atoms with E-state index in [9.17, 15) is 55.9 Å². The van der Waals surface area contributed by atoms with Gasteiger partial charge in [-0.1, -0.05) is 0 Å². The maximum Gasteiger partial charge on any atom is 0.229 e. The highest BCUT2D eigenvalue weighted by Gasteiger charge is 2.48. The van der Waals surface area contributed by atoms with Gasteiger partial charge in [-0.15, -0.1) is 0 Å². The van der Waals surface area contributed by atoms with E-state index in [0.29, 0.717) is 0 Å². The molecule has 2 aliphatic heterocycles. The number of phenols is 3. The van der Waals surface area contributed by atoms with Gasteiger partial charge >= 0.3 is 0 Å². The number of fused-ring (bicyclic) bond motifs is 1. The van der Waals surface area contributed by atoms with Crippen LogP contribution in [0.4, 0.5) is 0 Å². The second-order valence-electron chi connectivity index (χ2n) is 10.2. The molecule has 10 N–H and O–H groups in total. The summed E-state index contributed by atoms with van der Waals surface area (Å²) < 4.78 is 27.7. The quantitative estimate of drug-likeness (QED) is 0.133. The number of ether oxygens (including phenoxy) is 4. The first-order valence-electron chi connectivity index (χ1n) is 13.0. The number of hydrogen-bond donors (Lipinski definition) is 10. The lowest BCUT2D eigenvalue weighted by molar-refractivity contribution is -0.323. The topological polar surface area (TPSA) is 269 Å². The van der Waals surface area contributed by atoms with Crippen molar-refractivity contribution in [2.75, 3.05) is 13.2 Å². The predicted octanol–water partition coefficient (Wildman–Crippen LogP) is -2.42. The molecule has 0 radical (unpaired) electrons. The van der Waals surface area contributed by atoms with E-state index in [1.54, 1.807) is 0 Å². The molecule has 16 nitrogen and oxygen atoms in total. The number of aliphatic hydroxyl groups excluding tert-OH is 7. The molecule has 0 unspecified atom stereocenters. The number of aromatic hydroxyl groups is 3. The average molecular weight is 611 g/mol. The minimum absolute atomic E-state index is 0.0464. The Balaban J connectivity index is 1.39. The highest BCUT2D eigenvalue weighted by Crippen LogP contribution is 2.37. The monoisotopic (exact) mass is 610 g/mol. The van der Waals surface area contributed by atoms with Crippen LogP contribution in [0.15, 0.2) is 45.6 Å². The molecule has 1 aromatic heterocycles. The summed E-state index contributed by atoms with van der Waals surface area (Å²) in [5.41, 5.74) is -0.798. The van der Waals surface area contributed by atoms with Gasteiger partial charge in [0.1, 0.15) is 88.6 Å². The molecule has 5 rings (SSSR count). The van der Waals surface area contributed by atoms with Gasteiger partial charge in [0.25, 0.3) is 0 Å². The van der Waals surface area contributed by atoms with Gasteiger partial charge in [-0.05, 0) is 12.1 Å². The lowest BCUT2D eigenvalue weighted by atomic mass is 9.98. The van der Waals surface area contributed by atoms with Crippen LogP contribution in [0.2, 0.25) is 0 Å². The zero-order chi connectivity index (χ0) is 31.2. The molecule has 0 amide bonds. The van der Waals surface area contributed by atoms with E-state index in [1.165, 1.54) is 12.1 Å². The first-order valence-corrected chi connectivity index (χ1v) is 13.0. The third kappa shape index (κ3) is 5.98. The van der Waals surface area contributed by atoms with Crippen LogP contribution in [0.1, 0.15) is 0 Å². The van der Waals surface area contributed by atoms with Crippen molar-refractivity contribution in [3.63, 3.8) is 0 Å². The summed E-state index contributed by atoms with van der Waals surface area (Å²) >= 11 is 0. The molecule has 3 aromatic rings. The van der Waals surface area contributed by atoms with Crippen molar-refractivity contribution >= 4 is 11.0 Å². The molecule has 2 fully saturated rings. The summed E-state index contributed by atoms with van der Waals surface area (Å²) in [6.45, 7) is -1.31. The van der Waals surface area contributed by atoms with E-state index in [2.05, 4.69) is 0 Å². The number of phenolic OH excluding ortho intramolecular Hbond substituents is 3. The van der Waals surface area contributed by atoms with Crippen molar-refractivity contribution in [2.45, 2.75) is 61.4 Å². The molecular formula is C27H30O16. The summed E-state index contributed by atoms with van der Waals surface area (Å²) in [5, 5.41) is 101. The summed E-state index contributed by atoms with van der Waals surface area (Å²) in [4.78, 5) is 12.7. The molecule has 0 bridgehead atoms. The van der Waals surface area contributed by atoms with Crippen LogP contribution in [0, 0.1) is 0 Å². The van der Waals surface area contributed by atoms with Crippen LogP contribution in [-0.4, -0.2) is 126 Å². The lowest BCUT2D eigenvalue weighted by Crippen LogP contribution is -2.62. The second-order valence-corrected chi connectivity index (χ2v) is 10.2. The van der Waals surface area contributed by atoms with Crippen molar-refractivity contribution in [1.82, 2.24) is 0 Å². The Morgan fingerprint density at radius 3 is 2.07 bits per heavy atom. The smallest absolute Gasteiger partial charge is 0.229 e. The van der Waals surface area contributed by atoms with E-state index in [-0.39, 0.29) is 39.5 Å². The van der Waals surface area contributed by atoms with E-state index in [4.69, 9.17) is 23.4 Å².